The van der Waals surface area contributed by atoms with Gasteiger partial charge in [-0.1, -0.05) is 0 Å². The number of amides is 1. The zero-order chi connectivity index (χ0) is 18.7. The molecule has 7 nitrogen and oxygen atoms in total. The smallest absolute Gasteiger partial charge is 0.348 e. The Bertz CT molecular complexity index is 857. The molecular formula is C17H15FN2O5S. The predicted molar refractivity (Wildman–Crippen MR) is 92.9 cm³/mol. The van der Waals surface area contributed by atoms with Crippen molar-refractivity contribution in [1.82, 2.24) is 0 Å². The second-order valence-corrected chi connectivity index (χ2v) is 6.95. The average Bonchev–Trinajstić information content (AvgIpc) is 3.05. The number of aryl methyl sites for hydroxylation is 2. The summed E-state index contributed by atoms with van der Waals surface area (Å²) in [5.74, 6) is -2.13. The van der Waals surface area contributed by atoms with Gasteiger partial charge in [-0.3, -0.25) is 14.9 Å². The quantitative estimate of drug-likeness (QED) is 0.488. The van der Waals surface area contributed by atoms with Crippen LogP contribution >= 0.6 is 11.3 Å². The summed E-state index contributed by atoms with van der Waals surface area (Å²) in [5.41, 5.74) is 0.416. The number of anilines is 1. The lowest BCUT2D eigenvalue weighted by molar-refractivity contribution is -0.384. The number of rotatable bonds is 5. The number of carbonyl (C=O) groups excluding carboxylic acids is 2. The van der Waals surface area contributed by atoms with Crippen LogP contribution in [0.5, 0.6) is 0 Å². The van der Waals surface area contributed by atoms with Crippen molar-refractivity contribution in [3.63, 3.8) is 0 Å². The number of esters is 1. The summed E-state index contributed by atoms with van der Waals surface area (Å²) in [6.45, 7) is -0.587. The second kappa shape index (κ2) is 7.61. The summed E-state index contributed by atoms with van der Waals surface area (Å²) < 4.78 is 18.1. The van der Waals surface area contributed by atoms with Crippen LogP contribution < -0.4 is 5.32 Å². The number of halogens is 1. The molecule has 1 N–H and O–H groups in total. The Labute approximate surface area is 151 Å². The number of ether oxygens (including phenoxy) is 1. The Balaban J connectivity index is 1.60. The molecule has 0 fully saturated rings. The highest BCUT2D eigenvalue weighted by Crippen LogP contribution is 2.30. The second-order valence-electron chi connectivity index (χ2n) is 5.81. The van der Waals surface area contributed by atoms with E-state index in [0.717, 1.165) is 43.4 Å². The zero-order valence-electron chi connectivity index (χ0n) is 13.6. The summed E-state index contributed by atoms with van der Waals surface area (Å²) in [6.07, 6.45) is 4.08. The van der Waals surface area contributed by atoms with Crippen molar-refractivity contribution in [3.05, 3.63) is 55.5 Å². The summed E-state index contributed by atoms with van der Waals surface area (Å²) in [5, 5.41) is 13.2. The van der Waals surface area contributed by atoms with Gasteiger partial charge in [0.2, 0.25) is 0 Å². The lowest BCUT2D eigenvalue weighted by Gasteiger charge is -2.08. The van der Waals surface area contributed by atoms with Gasteiger partial charge in [0.1, 0.15) is 16.4 Å². The van der Waals surface area contributed by atoms with Crippen LogP contribution in [-0.2, 0) is 22.4 Å². The highest BCUT2D eigenvalue weighted by molar-refractivity contribution is 7.14. The third-order valence-electron chi connectivity index (χ3n) is 3.96. The molecule has 1 aliphatic rings. The molecule has 1 aromatic heterocycles. The number of fused-ring (bicyclic) bond motifs is 1. The van der Waals surface area contributed by atoms with Crippen molar-refractivity contribution in [2.24, 2.45) is 0 Å². The van der Waals surface area contributed by atoms with E-state index in [2.05, 4.69) is 5.32 Å². The molecule has 0 radical (unpaired) electrons. The Morgan fingerprint density at radius 3 is 2.77 bits per heavy atom. The molecule has 136 valence electrons. The molecule has 26 heavy (non-hydrogen) atoms. The number of carbonyl (C=O) groups is 2. The minimum atomic E-state index is -0.805. The minimum absolute atomic E-state index is 0.163. The van der Waals surface area contributed by atoms with Crippen molar-refractivity contribution in [2.45, 2.75) is 25.7 Å². The molecule has 1 aromatic carbocycles. The van der Waals surface area contributed by atoms with Gasteiger partial charge in [-0.25, -0.2) is 9.18 Å². The zero-order valence-corrected chi connectivity index (χ0v) is 14.4. The van der Waals surface area contributed by atoms with Crippen LogP contribution in [0.2, 0.25) is 0 Å². The van der Waals surface area contributed by atoms with E-state index in [-0.39, 0.29) is 5.69 Å². The standard InChI is InChI=1S/C17H15FN2O5S/c18-11-5-6-12(13(8-11)20(23)24)19-16(21)9-25-17(22)15-7-10-3-1-2-4-14(10)26-15/h5-8H,1-4,9H2,(H,19,21). The van der Waals surface area contributed by atoms with Gasteiger partial charge in [0.25, 0.3) is 11.6 Å². The molecule has 0 unspecified atom stereocenters. The van der Waals surface area contributed by atoms with Crippen molar-refractivity contribution in [1.29, 1.82) is 0 Å². The number of nitro groups is 1. The van der Waals surface area contributed by atoms with Crippen molar-refractivity contribution in [2.75, 3.05) is 11.9 Å². The summed E-state index contributed by atoms with van der Waals surface area (Å²) >= 11 is 1.37. The number of hydrogen-bond acceptors (Lipinski definition) is 6. The predicted octanol–water partition coefficient (Wildman–Crippen LogP) is 3.47. The van der Waals surface area contributed by atoms with Gasteiger partial charge in [0.15, 0.2) is 6.61 Å². The molecule has 0 aliphatic heterocycles. The first-order chi connectivity index (χ1) is 12.4. The highest BCUT2D eigenvalue weighted by atomic mass is 32.1. The molecule has 0 saturated carbocycles. The maximum atomic E-state index is 13.1. The molecule has 1 amide bonds. The number of benzene rings is 1. The first kappa shape index (κ1) is 18.0. The fourth-order valence-corrected chi connectivity index (χ4v) is 3.89. The van der Waals surface area contributed by atoms with Gasteiger partial charge < -0.3 is 10.1 Å². The van der Waals surface area contributed by atoms with E-state index in [1.54, 1.807) is 6.07 Å². The molecule has 3 rings (SSSR count). The first-order valence-corrected chi connectivity index (χ1v) is 8.78. The average molecular weight is 378 g/mol. The van der Waals surface area contributed by atoms with Crippen LogP contribution in [0, 0.1) is 15.9 Å². The van der Waals surface area contributed by atoms with E-state index in [1.165, 1.54) is 16.2 Å². The van der Waals surface area contributed by atoms with Gasteiger partial charge in [0, 0.05) is 4.88 Å². The Kier molecular flexibility index (Phi) is 5.27. The maximum absolute atomic E-state index is 13.1. The van der Waals surface area contributed by atoms with Gasteiger partial charge >= 0.3 is 5.97 Å². The number of nitrogens with zero attached hydrogens (tertiary/aromatic N) is 1. The Morgan fingerprint density at radius 2 is 2.04 bits per heavy atom. The number of thiophene rings is 1. The summed E-state index contributed by atoms with van der Waals surface area (Å²) in [6, 6.07) is 4.58. The van der Waals surface area contributed by atoms with Crippen LogP contribution in [0.1, 0.15) is 33.0 Å². The fourth-order valence-electron chi connectivity index (χ4n) is 2.74. The van der Waals surface area contributed by atoms with E-state index >= 15 is 0 Å². The molecule has 0 spiro atoms. The van der Waals surface area contributed by atoms with Gasteiger partial charge in [0.05, 0.1) is 11.0 Å². The molecule has 1 aliphatic carbocycles. The van der Waals surface area contributed by atoms with Gasteiger partial charge in [-0.15, -0.1) is 11.3 Å². The monoisotopic (exact) mass is 378 g/mol. The molecule has 2 aromatic rings. The number of nitrogens with one attached hydrogen (secondary N) is 1. The largest absolute Gasteiger partial charge is 0.451 e. The summed E-state index contributed by atoms with van der Waals surface area (Å²) in [7, 11) is 0. The normalized spacial score (nSPS) is 13.0. The Morgan fingerprint density at radius 1 is 1.27 bits per heavy atom. The van der Waals surface area contributed by atoms with E-state index < -0.39 is 34.9 Å². The van der Waals surface area contributed by atoms with Gasteiger partial charge in [-0.2, -0.15) is 0 Å². The molecule has 1 heterocycles. The van der Waals surface area contributed by atoms with Crippen LogP contribution in [0.3, 0.4) is 0 Å². The molecular weight excluding hydrogens is 363 g/mol. The van der Waals surface area contributed by atoms with Crippen molar-refractivity contribution >= 4 is 34.6 Å². The van der Waals surface area contributed by atoms with Crippen LogP contribution in [-0.4, -0.2) is 23.4 Å². The third kappa shape index (κ3) is 4.05. The first-order valence-electron chi connectivity index (χ1n) is 7.96. The van der Waals surface area contributed by atoms with Crippen LogP contribution in [0.25, 0.3) is 0 Å². The van der Waals surface area contributed by atoms with Crippen LogP contribution in [0.15, 0.2) is 24.3 Å². The van der Waals surface area contributed by atoms with Crippen molar-refractivity contribution < 1.29 is 23.6 Å². The minimum Gasteiger partial charge on any atom is -0.451 e. The summed E-state index contributed by atoms with van der Waals surface area (Å²) in [4.78, 5) is 35.7. The van der Waals surface area contributed by atoms with E-state index in [9.17, 15) is 24.1 Å². The fraction of sp³-hybridized carbons (Fsp3) is 0.294. The highest BCUT2D eigenvalue weighted by Gasteiger charge is 2.20. The lowest BCUT2D eigenvalue weighted by Crippen LogP contribution is -2.21. The molecule has 0 bridgehead atoms. The van der Waals surface area contributed by atoms with E-state index in [1.807, 2.05) is 0 Å². The number of hydrogen-bond donors (Lipinski definition) is 1. The third-order valence-corrected chi connectivity index (χ3v) is 5.18. The Hall–Kier alpha value is -2.81. The SMILES string of the molecule is O=C(COC(=O)c1cc2c(s1)CCCC2)Nc1ccc(F)cc1[N+](=O)[O-]. The molecule has 0 saturated heterocycles. The van der Waals surface area contributed by atoms with E-state index in [0.29, 0.717) is 10.9 Å². The van der Waals surface area contributed by atoms with Gasteiger partial charge in [-0.05, 0) is 49.4 Å². The maximum Gasteiger partial charge on any atom is 0.348 e. The molecule has 0 atom stereocenters. The lowest BCUT2D eigenvalue weighted by atomic mass is 9.99. The molecule has 9 heteroatoms. The topological polar surface area (TPSA) is 98.5 Å². The van der Waals surface area contributed by atoms with Crippen LogP contribution in [0.4, 0.5) is 15.8 Å². The van der Waals surface area contributed by atoms with E-state index in [4.69, 9.17) is 4.74 Å². The van der Waals surface area contributed by atoms with Crippen molar-refractivity contribution in [3.8, 4) is 0 Å². The number of nitro benzene ring substituents is 1.